The molecule has 1 aliphatic rings. The van der Waals surface area contributed by atoms with E-state index in [2.05, 4.69) is 33.2 Å². The average molecular weight is 252 g/mol. The van der Waals surface area contributed by atoms with E-state index in [1.165, 1.54) is 11.1 Å². The summed E-state index contributed by atoms with van der Waals surface area (Å²) < 4.78 is 5.42. The van der Waals surface area contributed by atoms with Crippen LogP contribution >= 0.6 is 0 Å². The van der Waals surface area contributed by atoms with Crippen LogP contribution in [-0.2, 0) is 18.0 Å². The zero-order valence-electron chi connectivity index (χ0n) is 10.2. The summed E-state index contributed by atoms with van der Waals surface area (Å²) in [6, 6.07) is 9.91. The number of pyridine rings is 1. The zero-order chi connectivity index (χ0) is 12.8. The number of fused-ring (bicyclic) bond motifs is 2. The summed E-state index contributed by atoms with van der Waals surface area (Å²) in [5.41, 5.74) is 10.7. The fourth-order valence-corrected chi connectivity index (χ4v) is 2.36. The maximum Gasteiger partial charge on any atom is 0.180 e. The average Bonchev–Trinajstić information content (AvgIpc) is 3.02. The maximum atomic E-state index is 5.66. The van der Waals surface area contributed by atoms with Crippen molar-refractivity contribution in [1.29, 1.82) is 0 Å². The molecule has 0 atom stereocenters. The molecule has 94 valence electrons. The molecule has 3 heterocycles. The van der Waals surface area contributed by atoms with Gasteiger partial charge in [0.15, 0.2) is 5.65 Å². The minimum atomic E-state index is 0.480. The first kappa shape index (κ1) is 10.5. The number of nitrogens with two attached hydrogens (primary N) is 1. The summed E-state index contributed by atoms with van der Waals surface area (Å²) in [6.45, 7) is 1.38. The number of aromatic nitrogens is 3. The lowest BCUT2D eigenvalue weighted by Crippen LogP contribution is -1.88. The van der Waals surface area contributed by atoms with Crippen molar-refractivity contribution >= 4 is 17.0 Å². The molecule has 19 heavy (non-hydrogen) atoms. The number of H-pyrrole nitrogens is 1. The molecule has 0 saturated heterocycles. The number of imidazole rings is 1. The summed E-state index contributed by atoms with van der Waals surface area (Å²) in [5, 5.41) is 0. The number of nitrogens with one attached hydrogen (secondary N) is 1. The molecule has 0 aliphatic carbocycles. The van der Waals surface area contributed by atoms with Crippen molar-refractivity contribution < 1.29 is 4.74 Å². The van der Waals surface area contributed by atoms with Crippen LogP contribution in [0, 0.1) is 0 Å². The lowest BCUT2D eigenvalue weighted by atomic mass is 10.1. The number of benzene rings is 1. The second-order valence-corrected chi connectivity index (χ2v) is 4.67. The molecular formula is C14H12N4O. The first-order chi connectivity index (χ1) is 9.29. The van der Waals surface area contributed by atoms with Gasteiger partial charge in [-0.2, -0.15) is 0 Å². The van der Waals surface area contributed by atoms with Crippen LogP contribution in [0.25, 0.3) is 22.6 Å². The normalized spacial score (nSPS) is 13.9. The number of hydrogen-bond acceptors (Lipinski definition) is 4. The van der Waals surface area contributed by atoms with Gasteiger partial charge in [-0.15, -0.1) is 0 Å². The fourth-order valence-electron chi connectivity index (χ4n) is 2.36. The molecule has 2 aromatic heterocycles. The van der Waals surface area contributed by atoms with Crippen molar-refractivity contribution in [3.63, 3.8) is 0 Å². The lowest BCUT2D eigenvalue weighted by molar-refractivity contribution is 0.134. The fraction of sp³-hybridized carbons (Fsp3) is 0.143. The largest absolute Gasteiger partial charge is 0.384 e. The second-order valence-electron chi connectivity index (χ2n) is 4.67. The predicted molar refractivity (Wildman–Crippen MR) is 72.2 cm³/mol. The quantitative estimate of drug-likeness (QED) is 0.696. The number of hydrogen-bond donors (Lipinski definition) is 2. The summed E-state index contributed by atoms with van der Waals surface area (Å²) in [4.78, 5) is 11.9. The van der Waals surface area contributed by atoms with Crippen LogP contribution in [-0.4, -0.2) is 15.0 Å². The van der Waals surface area contributed by atoms with Crippen LogP contribution in [0.3, 0.4) is 0 Å². The maximum absolute atomic E-state index is 5.66. The van der Waals surface area contributed by atoms with E-state index in [-0.39, 0.29) is 0 Å². The van der Waals surface area contributed by atoms with E-state index in [0.717, 1.165) is 16.9 Å². The van der Waals surface area contributed by atoms with Crippen molar-refractivity contribution in [2.75, 3.05) is 5.73 Å². The van der Waals surface area contributed by atoms with Gasteiger partial charge in [-0.3, -0.25) is 0 Å². The van der Waals surface area contributed by atoms with Gasteiger partial charge in [-0.1, -0.05) is 12.1 Å². The Kier molecular flexibility index (Phi) is 2.10. The van der Waals surface area contributed by atoms with Crippen molar-refractivity contribution in [2.45, 2.75) is 13.2 Å². The van der Waals surface area contributed by atoms with Crippen LogP contribution in [0.5, 0.6) is 0 Å². The molecular weight excluding hydrogens is 240 g/mol. The number of rotatable bonds is 1. The topological polar surface area (TPSA) is 76.8 Å². The number of anilines is 1. The first-order valence-electron chi connectivity index (χ1n) is 6.12. The highest BCUT2D eigenvalue weighted by atomic mass is 16.5. The van der Waals surface area contributed by atoms with Crippen molar-refractivity contribution in [1.82, 2.24) is 15.0 Å². The molecule has 0 bridgehead atoms. The SMILES string of the molecule is Nc1ccc2[nH]c(-c3ccc4c(c3)COC4)nc2n1. The molecule has 0 fully saturated rings. The Morgan fingerprint density at radius 1 is 1.05 bits per heavy atom. The van der Waals surface area contributed by atoms with Crippen LogP contribution < -0.4 is 5.73 Å². The first-order valence-corrected chi connectivity index (χ1v) is 6.12. The highest BCUT2D eigenvalue weighted by molar-refractivity contribution is 5.77. The molecule has 0 unspecified atom stereocenters. The van der Waals surface area contributed by atoms with Gasteiger partial charge >= 0.3 is 0 Å². The minimum absolute atomic E-state index is 0.480. The molecule has 5 nitrogen and oxygen atoms in total. The van der Waals surface area contributed by atoms with Crippen molar-refractivity contribution in [3.8, 4) is 11.4 Å². The van der Waals surface area contributed by atoms with Gasteiger partial charge in [0.25, 0.3) is 0 Å². The van der Waals surface area contributed by atoms with Gasteiger partial charge in [0.1, 0.15) is 11.6 Å². The summed E-state index contributed by atoms with van der Waals surface area (Å²) in [5.74, 6) is 1.29. The molecule has 0 saturated carbocycles. The van der Waals surface area contributed by atoms with Gasteiger partial charge in [-0.25, -0.2) is 9.97 Å². The zero-order valence-corrected chi connectivity index (χ0v) is 10.2. The summed E-state index contributed by atoms with van der Waals surface area (Å²) in [6.07, 6.45) is 0. The standard InChI is InChI=1S/C14H12N4O/c15-12-4-3-11-14(17-12)18-13(16-11)8-1-2-9-6-19-7-10(9)5-8/h1-5H,6-7H2,(H3,15,16,17,18). The van der Waals surface area contributed by atoms with Gasteiger partial charge in [0, 0.05) is 5.56 Å². The molecule has 0 spiro atoms. The molecule has 5 heteroatoms. The third-order valence-electron chi connectivity index (χ3n) is 3.36. The number of aromatic amines is 1. The van der Waals surface area contributed by atoms with E-state index in [1.807, 2.05) is 6.07 Å². The Morgan fingerprint density at radius 3 is 2.89 bits per heavy atom. The monoisotopic (exact) mass is 252 g/mol. The van der Waals surface area contributed by atoms with Crippen LogP contribution in [0.4, 0.5) is 5.82 Å². The Labute approximate surface area is 109 Å². The van der Waals surface area contributed by atoms with Gasteiger partial charge in [0.05, 0.1) is 18.7 Å². The highest BCUT2D eigenvalue weighted by Gasteiger charge is 2.13. The van der Waals surface area contributed by atoms with E-state index in [9.17, 15) is 0 Å². The smallest absolute Gasteiger partial charge is 0.180 e. The molecule has 1 aromatic carbocycles. The van der Waals surface area contributed by atoms with E-state index in [4.69, 9.17) is 10.5 Å². The Balaban J connectivity index is 1.85. The Bertz CT molecular complexity index is 778. The Hall–Kier alpha value is -2.40. The molecule has 4 rings (SSSR count). The lowest BCUT2D eigenvalue weighted by Gasteiger charge is -2.00. The van der Waals surface area contributed by atoms with Gasteiger partial charge < -0.3 is 15.5 Å². The number of nitrogens with zero attached hydrogens (tertiary/aromatic N) is 2. The van der Waals surface area contributed by atoms with E-state index < -0.39 is 0 Å². The molecule has 0 amide bonds. The van der Waals surface area contributed by atoms with Crippen LogP contribution in [0.1, 0.15) is 11.1 Å². The summed E-state index contributed by atoms with van der Waals surface area (Å²) in [7, 11) is 0. The third-order valence-corrected chi connectivity index (χ3v) is 3.36. The van der Waals surface area contributed by atoms with Gasteiger partial charge in [-0.05, 0) is 29.3 Å². The highest BCUT2D eigenvalue weighted by Crippen LogP contribution is 2.26. The van der Waals surface area contributed by atoms with Gasteiger partial charge in [0.2, 0.25) is 0 Å². The van der Waals surface area contributed by atoms with E-state index in [0.29, 0.717) is 24.7 Å². The van der Waals surface area contributed by atoms with E-state index in [1.54, 1.807) is 6.07 Å². The predicted octanol–water partition coefficient (Wildman–Crippen LogP) is 2.24. The van der Waals surface area contributed by atoms with Crippen LogP contribution in [0.2, 0.25) is 0 Å². The molecule has 1 aliphatic heterocycles. The van der Waals surface area contributed by atoms with Crippen LogP contribution in [0.15, 0.2) is 30.3 Å². The molecule has 3 aromatic rings. The van der Waals surface area contributed by atoms with Crippen molar-refractivity contribution in [2.24, 2.45) is 0 Å². The Morgan fingerprint density at radius 2 is 1.95 bits per heavy atom. The third kappa shape index (κ3) is 1.67. The second kappa shape index (κ2) is 3.80. The molecule has 3 N–H and O–H groups in total. The number of ether oxygens (including phenoxy) is 1. The summed E-state index contributed by atoms with van der Waals surface area (Å²) >= 11 is 0. The molecule has 0 radical (unpaired) electrons. The van der Waals surface area contributed by atoms with Crippen molar-refractivity contribution in [3.05, 3.63) is 41.5 Å². The van der Waals surface area contributed by atoms with E-state index >= 15 is 0 Å². The minimum Gasteiger partial charge on any atom is -0.384 e. The number of nitrogen functional groups attached to an aromatic ring is 1.